The lowest BCUT2D eigenvalue weighted by Crippen LogP contribution is -1.69. The third kappa shape index (κ3) is 4.22. The Morgan fingerprint density at radius 1 is 1.71 bits per heavy atom. The second kappa shape index (κ2) is 4.53. The van der Waals surface area contributed by atoms with Crippen LogP contribution in [0.15, 0.2) is 9.47 Å². The van der Waals surface area contributed by atoms with E-state index in [2.05, 4.69) is 31.9 Å². The van der Waals surface area contributed by atoms with E-state index >= 15 is 0 Å². The average molecular weight is 228 g/mol. The highest BCUT2D eigenvalue weighted by Gasteiger charge is 1.83. The van der Waals surface area contributed by atoms with Crippen LogP contribution < -0.4 is 0 Å². The number of hydrogen-bond acceptors (Lipinski definition) is 1. The molecule has 0 N–H and O–H groups in total. The molecule has 0 unspecified atom stereocenters. The van der Waals surface area contributed by atoms with E-state index < -0.39 is 0 Å². The van der Waals surface area contributed by atoms with Crippen LogP contribution in [0.3, 0.4) is 0 Å². The Hall–Kier alpha value is 0.370. The Bertz CT molecular complexity index is 87.7. The van der Waals surface area contributed by atoms with Gasteiger partial charge in [-0.2, -0.15) is 0 Å². The van der Waals surface area contributed by atoms with Gasteiger partial charge in [-0.3, -0.25) is 0 Å². The van der Waals surface area contributed by atoms with E-state index in [1.807, 2.05) is 0 Å². The quantitative estimate of drug-likeness (QED) is 0.662. The van der Waals surface area contributed by atoms with Crippen LogP contribution in [0, 0.1) is 0 Å². The van der Waals surface area contributed by atoms with Crippen LogP contribution in [0.1, 0.15) is 6.42 Å². The van der Waals surface area contributed by atoms with Gasteiger partial charge in [-0.25, -0.2) is 0 Å². The third-order valence-electron chi connectivity index (χ3n) is 0.397. The number of aldehydes is 1. The van der Waals surface area contributed by atoms with Crippen LogP contribution in [0.25, 0.3) is 0 Å². The van der Waals surface area contributed by atoms with Gasteiger partial charge in [-0.15, -0.1) is 0 Å². The molecule has 0 saturated heterocycles. The summed E-state index contributed by atoms with van der Waals surface area (Å²) in [4.78, 5) is 11.4. The van der Waals surface area contributed by atoms with Gasteiger partial charge in [-0.05, 0) is 4.99 Å². The van der Waals surface area contributed by atoms with Crippen LogP contribution in [0.4, 0.5) is 0 Å². The van der Waals surface area contributed by atoms with E-state index in [9.17, 15) is 4.79 Å². The monoisotopic (exact) mass is 226 g/mol. The van der Waals surface area contributed by atoms with Crippen molar-refractivity contribution in [1.82, 2.24) is 0 Å². The highest BCUT2D eigenvalue weighted by atomic mass is 79.9. The Balaban J connectivity index is 3.36. The van der Waals surface area contributed by atoms with Crippen molar-refractivity contribution in [3.63, 3.8) is 0 Å². The third-order valence-corrected chi connectivity index (χ3v) is 2.12. The van der Waals surface area contributed by atoms with E-state index in [1.165, 1.54) is 0 Å². The molecular formula is C4H4Br2O. The van der Waals surface area contributed by atoms with Gasteiger partial charge in [0.2, 0.25) is 0 Å². The zero-order valence-electron chi connectivity index (χ0n) is 3.53. The average Bonchev–Trinajstić information content (AvgIpc) is 1.68. The molecule has 0 atom stereocenters. The van der Waals surface area contributed by atoms with Gasteiger partial charge in [-0.1, -0.05) is 31.9 Å². The molecule has 0 aromatic rings. The van der Waals surface area contributed by atoms with Gasteiger partial charge in [0.05, 0.1) is 0 Å². The molecule has 0 amide bonds. The number of carbonyl (C=O) groups is 1. The first-order valence-electron chi connectivity index (χ1n) is 1.69. The van der Waals surface area contributed by atoms with Crippen LogP contribution >= 0.6 is 31.9 Å². The fraction of sp³-hybridized carbons (Fsp3) is 0.250. The SMILES string of the molecule is O=CCC(Br)=CBr. The predicted octanol–water partition coefficient (Wildman–Crippen LogP) is 2.21. The minimum absolute atomic E-state index is 0.450. The summed E-state index contributed by atoms with van der Waals surface area (Å²) in [5.74, 6) is 0. The molecule has 0 aromatic carbocycles. The maximum Gasteiger partial charge on any atom is 0.124 e. The Morgan fingerprint density at radius 2 is 2.29 bits per heavy atom. The molecule has 7 heavy (non-hydrogen) atoms. The molecule has 1 nitrogen and oxygen atoms in total. The molecule has 0 radical (unpaired) electrons. The summed E-state index contributed by atoms with van der Waals surface area (Å²) in [6.07, 6.45) is 1.28. The van der Waals surface area contributed by atoms with Gasteiger partial charge in [0.25, 0.3) is 0 Å². The molecule has 0 bridgehead atoms. The minimum Gasteiger partial charge on any atom is -0.303 e. The summed E-state index contributed by atoms with van der Waals surface area (Å²) >= 11 is 6.17. The molecule has 0 spiro atoms. The molecule has 0 rings (SSSR count). The molecule has 0 saturated carbocycles. The summed E-state index contributed by atoms with van der Waals surface area (Å²) < 4.78 is 0.863. The molecule has 0 fully saturated rings. The maximum absolute atomic E-state index is 9.68. The number of rotatable bonds is 2. The molecule has 0 aliphatic heterocycles. The lowest BCUT2D eigenvalue weighted by atomic mass is 10.5. The Labute approximate surface area is 59.0 Å². The fourth-order valence-electron chi connectivity index (χ4n) is 0.124. The normalized spacial score (nSPS) is 11.4. The van der Waals surface area contributed by atoms with Crippen molar-refractivity contribution in [2.75, 3.05) is 0 Å². The largest absolute Gasteiger partial charge is 0.303 e. The lowest BCUT2D eigenvalue weighted by Gasteiger charge is -1.80. The van der Waals surface area contributed by atoms with Crippen molar-refractivity contribution in [3.8, 4) is 0 Å². The topological polar surface area (TPSA) is 17.1 Å². The lowest BCUT2D eigenvalue weighted by molar-refractivity contribution is -0.107. The fourth-order valence-corrected chi connectivity index (χ4v) is 0.443. The summed E-state index contributed by atoms with van der Waals surface area (Å²) in [5, 5.41) is 0. The van der Waals surface area contributed by atoms with E-state index in [4.69, 9.17) is 0 Å². The molecular weight excluding hydrogens is 224 g/mol. The number of hydrogen-bond donors (Lipinski definition) is 0. The summed E-state index contributed by atoms with van der Waals surface area (Å²) in [7, 11) is 0. The van der Waals surface area contributed by atoms with Gasteiger partial charge in [0.1, 0.15) is 6.29 Å². The molecule has 0 aromatic heterocycles. The summed E-state index contributed by atoms with van der Waals surface area (Å²) in [5.41, 5.74) is 0. The highest BCUT2D eigenvalue weighted by Crippen LogP contribution is 2.09. The number of halogens is 2. The molecule has 0 aliphatic carbocycles. The highest BCUT2D eigenvalue weighted by molar-refractivity contribution is 9.14. The second-order valence-electron chi connectivity index (χ2n) is 0.927. The summed E-state index contributed by atoms with van der Waals surface area (Å²) in [6, 6.07) is 0. The second-order valence-corrected chi connectivity index (χ2v) is 2.40. The molecule has 0 aliphatic rings. The van der Waals surface area contributed by atoms with E-state index in [1.54, 1.807) is 4.99 Å². The van der Waals surface area contributed by atoms with Crippen molar-refractivity contribution in [1.29, 1.82) is 0 Å². The van der Waals surface area contributed by atoms with E-state index in [0.717, 1.165) is 10.8 Å². The van der Waals surface area contributed by atoms with E-state index in [0.29, 0.717) is 6.42 Å². The minimum atomic E-state index is 0.450. The van der Waals surface area contributed by atoms with Crippen LogP contribution in [-0.4, -0.2) is 6.29 Å². The van der Waals surface area contributed by atoms with E-state index in [-0.39, 0.29) is 0 Å². The van der Waals surface area contributed by atoms with Crippen LogP contribution in [-0.2, 0) is 4.79 Å². The number of allylic oxidation sites excluding steroid dienone is 1. The zero-order valence-corrected chi connectivity index (χ0v) is 6.70. The zero-order chi connectivity index (χ0) is 5.70. The van der Waals surface area contributed by atoms with Gasteiger partial charge >= 0.3 is 0 Å². The van der Waals surface area contributed by atoms with Crippen LogP contribution in [0.5, 0.6) is 0 Å². The van der Waals surface area contributed by atoms with Crippen LogP contribution in [0.2, 0.25) is 0 Å². The summed E-state index contributed by atoms with van der Waals surface area (Å²) in [6.45, 7) is 0. The van der Waals surface area contributed by atoms with Gasteiger partial charge < -0.3 is 4.79 Å². The van der Waals surface area contributed by atoms with Crippen molar-refractivity contribution in [2.45, 2.75) is 6.42 Å². The molecule has 0 heterocycles. The molecule has 3 heteroatoms. The van der Waals surface area contributed by atoms with Crippen molar-refractivity contribution >= 4 is 38.1 Å². The standard InChI is InChI=1S/C4H4Br2O/c5-3-4(6)1-2-7/h2-3H,1H2. The first-order chi connectivity index (χ1) is 3.31. The van der Waals surface area contributed by atoms with Gasteiger partial charge in [0, 0.05) is 10.9 Å². The van der Waals surface area contributed by atoms with Crippen molar-refractivity contribution in [2.24, 2.45) is 0 Å². The number of carbonyl (C=O) groups excluding carboxylic acids is 1. The Kier molecular flexibility index (Phi) is 4.77. The maximum atomic E-state index is 9.68. The smallest absolute Gasteiger partial charge is 0.124 e. The van der Waals surface area contributed by atoms with Crippen molar-refractivity contribution in [3.05, 3.63) is 9.47 Å². The first-order valence-corrected chi connectivity index (χ1v) is 3.40. The Morgan fingerprint density at radius 3 is 2.43 bits per heavy atom. The predicted molar refractivity (Wildman–Crippen MR) is 36.6 cm³/mol. The van der Waals surface area contributed by atoms with Gasteiger partial charge in [0.15, 0.2) is 0 Å². The first kappa shape index (κ1) is 7.37. The van der Waals surface area contributed by atoms with Crippen molar-refractivity contribution < 1.29 is 4.79 Å². The molecule has 40 valence electrons.